The summed E-state index contributed by atoms with van der Waals surface area (Å²) in [5, 5.41) is 5.94. The standard InChI is InChI=1S/C6H7N3O2/c1-2-11-6(10)4-3-8-9-5(4)7/h2-3H,1H2,(H3,7,8,9). The Bertz CT molecular complexity index is 279. The molecule has 0 saturated carbocycles. The summed E-state index contributed by atoms with van der Waals surface area (Å²) < 4.78 is 4.45. The van der Waals surface area contributed by atoms with E-state index in [9.17, 15) is 4.79 Å². The van der Waals surface area contributed by atoms with Crippen LogP contribution in [0.15, 0.2) is 19.0 Å². The van der Waals surface area contributed by atoms with E-state index in [1.54, 1.807) is 0 Å². The molecule has 1 heterocycles. The molecule has 0 bridgehead atoms. The Morgan fingerprint density at radius 2 is 2.64 bits per heavy atom. The predicted molar refractivity (Wildman–Crippen MR) is 38.6 cm³/mol. The highest BCUT2D eigenvalue weighted by atomic mass is 16.5. The molecule has 1 aromatic rings. The lowest BCUT2D eigenvalue weighted by Gasteiger charge is -1.94. The van der Waals surface area contributed by atoms with Gasteiger partial charge in [-0.15, -0.1) is 0 Å². The number of carbonyl (C=O) groups is 1. The number of H-pyrrole nitrogens is 1. The molecule has 1 rings (SSSR count). The van der Waals surface area contributed by atoms with E-state index >= 15 is 0 Å². The van der Waals surface area contributed by atoms with E-state index in [0.29, 0.717) is 0 Å². The molecule has 0 unspecified atom stereocenters. The zero-order chi connectivity index (χ0) is 8.27. The van der Waals surface area contributed by atoms with Gasteiger partial charge >= 0.3 is 5.97 Å². The van der Waals surface area contributed by atoms with Crippen LogP contribution in [-0.2, 0) is 4.74 Å². The Morgan fingerprint density at radius 3 is 3.09 bits per heavy atom. The molecule has 0 amide bonds. The Hall–Kier alpha value is -1.78. The van der Waals surface area contributed by atoms with Crippen molar-refractivity contribution in [1.82, 2.24) is 10.2 Å². The number of carbonyl (C=O) groups excluding carboxylic acids is 1. The van der Waals surface area contributed by atoms with Crippen molar-refractivity contribution in [3.05, 3.63) is 24.6 Å². The van der Waals surface area contributed by atoms with Crippen LogP contribution in [0.4, 0.5) is 5.82 Å². The first-order valence-corrected chi connectivity index (χ1v) is 2.86. The third-order valence-electron chi connectivity index (χ3n) is 1.08. The first-order valence-electron chi connectivity index (χ1n) is 2.86. The van der Waals surface area contributed by atoms with E-state index in [0.717, 1.165) is 6.26 Å². The SMILES string of the molecule is C=COC(=O)c1cn[nH]c1N. The fraction of sp³-hybridized carbons (Fsp3) is 0. The number of esters is 1. The summed E-state index contributed by atoms with van der Waals surface area (Å²) >= 11 is 0. The highest BCUT2D eigenvalue weighted by Crippen LogP contribution is 2.07. The van der Waals surface area contributed by atoms with Gasteiger partial charge in [0.25, 0.3) is 0 Å². The number of anilines is 1. The lowest BCUT2D eigenvalue weighted by atomic mass is 10.3. The summed E-state index contributed by atoms with van der Waals surface area (Å²) in [6, 6.07) is 0. The molecule has 58 valence electrons. The molecule has 0 radical (unpaired) electrons. The summed E-state index contributed by atoms with van der Waals surface area (Å²) in [4.78, 5) is 10.9. The molecule has 5 heteroatoms. The summed E-state index contributed by atoms with van der Waals surface area (Å²) in [5.41, 5.74) is 5.53. The number of rotatable bonds is 2. The van der Waals surface area contributed by atoms with E-state index in [1.807, 2.05) is 0 Å². The van der Waals surface area contributed by atoms with Gasteiger partial charge < -0.3 is 10.5 Å². The van der Waals surface area contributed by atoms with Crippen LogP contribution in [0.5, 0.6) is 0 Å². The van der Waals surface area contributed by atoms with Gasteiger partial charge in [0.1, 0.15) is 11.4 Å². The van der Waals surface area contributed by atoms with Crippen LogP contribution in [0.3, 0.4) is 0 Å². The molecule has 1 aromatic heterocycles. The molecule has 0 aliphatic rings. The second-order valence-electron chi connectivity index (χ2n) is 1.77. The summed E-state index contributed by atoms with van der Waals surface area (Å²) in [6.45, 7) is 3.23. The van der Waals surface area contributed by atoms with E-state index < -0.39 is 5.97 Å². The first kappa shape index (κ1) is 7.33. The van der Waals surface area contributed by atoms with E-state index in [1.165, 1.54) is 6.20 Å². The minimum absolute atomic E-state index is 0.192. The van der Waals surface area contributed by atoms with Crippen LogP contribution in [0, 0.1) is 0 Å². The zero-order valence-corrected chi connectivity index (χ0v) is 5.70. The molecule has 0 spiro atoms. The van der Waals surface area contributed by atoms with Crippen molar-refractivity contribution in [1.29, 1.82) is 0 Å². The normalized spacial score (nSPS) is 9.09. The maximum Gasteiger partial charge on any atom is 0.348 e. The number of nitrogens with two attached hydrogens (primary N) is 1. The van der Waals surface area contributed by atoms with E-state index in [-0.39, 0.29) is 11.4 Å². The van der Waals surface area contributed by atoms with Crippen LogP contribution in [0.1, 0.15) is 10.4 Å². The predicted octanol–water partition coefficient (Wildman–Crippen LogP) is 0.292. The number of nitrogens with one attached hydrogen (secondary N) is 1. The Kier molecular flexibility index (Phi) is 1.91. The topological polar surface area (TPSA) is 81.0 Å². The molecular formula is C6H7N3O2. The first-order chi connectivity index (χ1) is 5.25. The Labute approximate surface area is 62.8 Å². The van der Waals surface area contributed by atoms with Crippen molar-refractivity contribution in [3.8, 4) is 0 Å². The lowest BCUT2D eigenvalue weighted by molar-refractivity contribution is 0.0665. The van der Waals surface area contributed by atoms with Crippen molar-refractivity contribution in [2.75, 3.05) is 5.73 Å². The Balaban J connectivity index is 2.83. The monoisotopic (exact) mass is 153 g/mol. The van der Waals surface area contributed by atoms with Gasteiger partial charge in [0, 0.05) is 0 Å². The van der Waals surface area contributed by atoms with Gasteiger partial charge in [-0.2, -0.15) is 5.10 Å². The molecule has 3 N–H and O–H groups in total. The number of nitrogen functional groups attached to an aromatic ring is 1. The molecule has 0 atom stereocenters. The van der Waals surface area contributed by atoms with Gasteiger partial charge in [0.2, 0.25) is 0 Å². The highest BCUT2D eigenvalue weighted by Gasteiger charge is 2.10. The second kappa shape index (κ2) is 2.87. The zero-order valence-electron chi connectivity index (χ0n) is 5.70. The van der Waals surface area contributed by atoms with Gasteiger partial charge in [0.05, 0.1) is 12.5 Å². The molecule has 0 aliphatic heterocycles. The van der Waals surface area contributed by atoms with Crippen molar-refractivity contribution in [2.45, 2.75) is 0 Å². The number of hydrogen-bond donors (Lipinski definition) is 2. The summed E-state index contributed by atoms with van der Waals surface area (Å²) in [7, 11) is 0. The molecule has 5 nitrogen and oxygen atoms in total. The summed E-state index contributed by atoms with van der Waals surface area (Å²) in [6.07, 6.45) is 2.33. The third-order valence-corrected chi connectivity index (χ3v) is 1.08. The van der Waals surface area contributed by atoms with Crippen LogP contribution in [0.2, 0.25) is 0 Å². The maximum absolute atomic E-state index is 10.9. The maximum atomic E-state index is 10.9. The lowest BCUT2D eigenvalue weighted by Crippen LogP contribution is -2.02. The number of aromatic nitrogens is 2. The van der Waals surface area contributed by atoms with Crippen molar-refractivity contribution < 1.29 is 9.53 Å². The number of ether oxygens (including phenoxy) is 1. The average molecular weight is 153 g/mol. The Morgan fingerprint density at radius 1 is 1.91 bits per heavy atom. The van der Waals surface area contributed by atoms with Crippen molar-refractivity contribution >= 4 is 11.8 Å². The molecule has 11 heavy (non-hydrogen) atoms. The van der Waals surface area contributed by atoms with E-state index in [2.05, 4.69) is 21.5 Å². The molecule has 0 saturated heterocycles. The highest BCUT2D eigenvalue weighted by molar-refractivity contribution is 5.94. The van der Waals surface area contributed by atoms with Gasteiger partial charge in [-0.1, -0.05) is 6.58 Å². The number of hydrogen-bond acceptors (Lipinski definition) is 4. The van der Waals surface area contributed by atoms with Crippen LogP contribution < -0.4 is 5.73 Å². The average Bonchev–Trinajstić information content (AvgIpc) is 2.36. The van der Waals surface area contributed by atoms with Crippen molar-refractivity contribution in [3.63, 3.8) is 0 Å². The molecular weight excluding hydrogens is 146 g/mol. The molecule has 0 fully saturated rings. The smallest absolute Gasteiger partial charge is 0.348 e. The van der Waals surface area contributed by atoms with Gasteiger partial charge in [-0.25, -0.2) is 4.79 Å². The minimum Gasteiger partial charge on any atom is -0.431 e. The summed E-state index contributed by atoms with van der Waals surface area (Å²) in [5.74, 6) is -0.372. The van der Waals surface area contributed by atoms with Crippen LogP contribution in [0.25, 0.3) is 0 Å². The third kappa shape index (κ3) is 1.37. The molecule has 0 aliphatic carbocycles. The number of nitrogens with zero attached hydrogens (tertiary/aromatic N) is 1. The number of aromatic amines is 1. The van der Waals surface area contributed by atoms with Crippen molar-refractivity contribution in [2.24, 2.45) is 0 Å². The fourth-order valence-electron chi connectivity index (χ4n) is 0.598. The quantitative estimate of drug-likeness (QED) is 0.472. The van der Waals surface area contributed by atoms with Gasteiger partial charge in [0.15, 0.2) is 0 Å². The minimum atomic E-state index is -0.564. The fourth-order valence-corrected chi connectivity index (χ4v) is 0.598. The largest absolute Gasteiger partial charge is 0.431 e. The van der Waals surface area contributed by atoms with Crippen LogP contribution >= 0.6 is 0 Å². The van der Waals surface area contributed by atoms with E-state index in [4.69, 9.17) is 5.73 Å². The van der Waals surface area contributed by atoms with Crippen LogP contribution in [-0.4, -0.2) is 16.2 Å². The van der Waals surface area contributed by atoms with Gasteiger partial charge in [-0.05, 0) is 0 Å². The second-order valence-corrected chi connectivity index (χ2v) is 1.77. The molecule has 0 aromatic carbocycles. The van der Waals surface area contributed by atoms with Gasteiger partial charge in [-0.3, -0.25) is 5.10 Å².